The van der Waals surface area contributed by atoms with Gasteiger partial charge in [0, 0.05) is 24.9 Å². The minimum absolute atomic E-state index is 0.275. The van der Waals surface area contributed by atoms with E-state index in [1.807, 2.05) is 7.05 Å². The molecule has 1 aromatic rings. The molecule has 92 valence electrons. The molecular weight excluding hydrogens is 214 g/mol. The van der Waals surface area contributed by atoms with Gasteiger partial charge in [0.2, 0.25) is 0 Å². The van der Waals surface area contributed by atoms with Crippen molar-refractivity contribution < 1.29 is 4.74 Å². The predicted molar refractivity (Wildman–Crippen MR) is 66.1 cm³/mol. The van der Waals surface area contributed by atoms with Crippen LogP contribution in [0.1, 0.15) is 43.3 Å². The topological polar surface area (TPSA) is 47.0 Å². The second-order valence-electron chi connectivity index (χ2n) is 5.11. The van der Waals surface area contributed by atoms with Crippen LogP contribution in [0.15, 0.2) is 0 Å². The number of anilines is 1. The highest BCUT2D eigenvalue weighted by Crippen LogP contribution is 2.36. The lowest BCUT2D eigenvalue weighted by atomic mass is 10.0. The maximum Gasteiger partial charge on any atom is 0.162 e. The van der Waals surface area contributed by atoms with Gasteiger partial charge in [-0.15, -0.1) is 0 Å². The summed E-state index contributed by atoms with van der Waals surface area (Å²) < 4.78 is 5.83. The molecule has 1 atom stereocenters. The number of ether oxygens (including phenoxy) is 1. The van der Waals surface area contributed by atoms with E-state index in [-0.39, 0.29) is 5.60 Å². The Labute approximate surface area is 102 Å². The number of aromatic nitrogens is 2. The lowest BCUT2D eigenvalue weighted by molar-refractivity contribution is 0.00928. The standard InChI is InChI=1S/C13H19N3O/c1-13(7-4-8-17-13)12-15-10-6-3-5-9(10)11(14-2)16-12/h3-8H2,1-2H3,(H,14,15,16). The fourth-order valence-electron chi connectivity index (χ4n) is 2.83. The molecule has 0 bridgehead atoms. The number of nitrogens with zero attached hydrogens (tertiary/aromatic N) is 2. The molecule has 1 unspecified atom stereocenters. The van der Waals surface area contributed by atoms with Crippen molar-refractivity contribution in [2.45, 2.75) is 44.6 Å². The first kappa shape index (κ1) is 11.0. The zero-order valence-electron chi connectivity index (χ0n) is 10.5. The second kappa shape index (κ2) is 3.95. The molecule has 1 N–H and O–H groups in total. The number of hydrogen-bond acceptors (Lipinski definition) is 4. The molecule has 1 fully saturated rings. The Bertz CT molecular complexity index is 439. The van der Waals surface area contributed by atoms with Crippen molar-refractivity contribution in [1.82, 2.24) is 9.97 Å². The van der Waals surface area contributed by atoms with Gasteiger partial charge in [0.05, 0.1) is 0 Å². The molecule has 1 aliphatic heterocycles. The Balaban J connectivity index is 2.06. The van der Waals surface area contributed by atoms with Gasteiger partial charge in [-0.3, -0.25) is 0 Å². The number of aryl methyl sites for hydroxylation is 1. The van der Waals surface area contributed by atoms with Gasteiger partial charge >= 0.3 is 0 Å². The molecule has 4 heteroatoms. The van der Waals surface area contributed by atoms with Crippen molar-refractivity contribution >= 4 is 5.82 Å². The fourth-order valence-corrected chi connectivity index (χ4v) is 2.83. The van der Waals surface area contributed by atoms with Crippen molar-refractivity contribution in [2.75, 3.05) is 19.0 Å². The molecule has 2 aliphatic rings. The lowest BCUT2D eigenvalue weighted by Gasteiger charge is -2.23. The molecule has 17 heavy (non-hydrogen) atoms. The average molecular weight is 233 g/mol. The van der Waals surface area contributed by atoms with Crippen LogP contribution in [0.2, 0.25) is 0 Å². The fraction of sp³-hybridized carbons (Fsp3) is 0.692. The molecule has 1 aromatic heterocycles. The highest BCUT2D eigenvalue weighted by Gasteiger charge is 2.36. The largest absolute Gasteiger partial charge is 0.373 e. The van der Waals surface area contributed by atoms with Crippen LogP contribution in [0.4, 0.5) is 5.82 Å². The van der Waals surface area contributed by atoms with E-state index in [9.17, 15) is 0 Å². The maximum absolute atomic E-state index is 5.83. The van der Waals surface area contributed by atoms with Gasteiger partial charge in [-0.1, -0.05) is 0 Å². The number of nitrogens with one attached hydrogen (secondary N) is 1. The summed E-state index contributed by atoms with van der Waals surface area (Å²) in [5.41, 5.74) is 2.25. The van der Waals surface area contributed by atoms with Crippen molar-refractivity contribution in [3.05, 3.63) is 17.1 Å². The summed E-state index contributed by atoms with van der Waals surface area (Å²) in [6.07, 6.45) is 5.50. The van der Waals surface area contributed by atoms with Gasteiger partial charge in [-0.05, 0) is 39.0 Å². The van der Waals surface area contributed by atoms with Gasteiger partial charge in [0.25, 0.3) is 0 Å². The van der Waals surface area contributed by atoms with E-state index in [1.165, 1.54) is 17.7 Å². The highest BCUT2D eigenvalue weighted by molar-refractivity contribution is 5.48. The molecule has 0 radical (unpaired) electrons. The number of hydrogen-bond donors (Lipinski definition) is 1. The molecule has 3 rings (SSSR count). The zero-order chi connectivity index (χ0) is 11.9. The minimum Gasteiger partial charge on any atom is -0.373 e. The van der Waals surface area contributed by atoms with Gasteiger partial charge in [-0.2, -0.15) is 0 Å². The monoisotopic (exact) mass is 233 g/mol. The molecule has 1 saturated heterocycles. The smallest absolute Gasteiger partial charge is 0.162 e. The number of fused-ring (bicyclic) bond motifs is 1. The third-order valence-corrected chi connectivity index (χ3v) is 3.86. The summed E-state index contributed by atoms with van der Waals surface area (Å²) in [5.74, 6) is 1.86. The first-order valence-electron chi connectivity index (χ1n) is 6.45. The van der Waals surface area contributed by atoms with Gasteiger partial charge < -0.3 is 10.1 Å². The van der Waals surface area contributed by atoms with E-state index in [1.54, 1.807) is 0 Å². The van der Waals surface area contributed by atoms with Crippen molar-refractivity contribution in [1.29, 1.82) is 0 Å². The molecule has 0 aromatic carbocycles. The summed E-state index contributed by atoms with van der Waals surface area (Å²) in [6, 6.07) is 0. The van der Waals surface area contributed by atoms with Crippen LogP contribution >= 0.6 is 0 Å². The average Bonchev–Trinajstić information content (AvgIpc) is 2.96. The van der Waals surface area contributed by atoms with E-state index < -0.39 is 0 Å². The first-order valence-corrected chi connectivity index (χ1v) is 6.45. The van der Waals surface area contributed by atoms with Crippen LogP contribution in [0.25, 0.3) is 0 Å². The Morgan fingerprint density at radius 2 is 2.12 bits per heavy atom. The summed E-state index contributed by atoms with van der Waals surface area (Å²) in [5, 5.41) is 3.20. The second-order valence-corrected chi connectivity index (χ2v) is 5.11. The van der Waals surface area contributed by atoms with E-state index in [0.717, 1.165) is 43.9 Å². The van der Waals surface area contributed by atoms with Crippen LogP contribution in [0, 0.1) is 0 Å². The highest BCUT2D eigenvalue weighted by atomic mass is 16.5. The van der Waals surface area contributed by atoms with Crippen LogP contribution in [-0.4, -0.2) is 23.6 Å². The molecule has 2 heterocycles. The third-order valence-electron chi connectivity index (χ3n) is 3.86. The van der Waals surface area contributed by atoms with Crippen LogP contribution in [-0.2, 0) is 23.2 Å². The van der Waals surface area contributed by atoms with Crippen molar-refractivity contribution in [3.63, 3.8) is 0 Å². The lowest BCUT2D eigenvalue weighted by Crippen LogP contribution is -2.24. The third kappa shape index (κ3) is 1.71. The quantitative estimate of drug-likeness (QED) is 0.849. The molecule has 0 spiro atoms. The normalized spacial score (nSPS) is 27.2. The van der Waals surface area contributed by atoms with Gasteiger partial charge in [-0.25, -0.2) is 9.97 Å². The Morgan fingerprint density at radius 1 is 1.24 bits per heavy atom. The minimum atomic E-state index is -0.275. The van der Waals surface area contributed by atoms with Crippen molar-refractivity contribution in [2.24, 2.45) is 0 Å². The van der Waals surface area contributed by atoms with Crippen LogP contribution < -0.4 is 5.32 Å². The maximum atomic E-state index is 5.83. The summed E-state index contributed by atoms with van der Waals surface area (Å²) in [4.78, 5) is 9.41. The first-order chi connectivity index (χ1) is 8.23. The SMILES string of the molecule is CNc1nc(C2(C)CCCO2)nc2c1CCC2. The van der Waals surface area contributed by atoms with Crippen LogP contribution in [0.3, 0.4) is 0 Å². The van der Waals surface area contributed by atoms with Gasteiger partial charge in [0.1, 0.15) is 11.4 Å². The molecular formula is C13H19N3O. The Hall–Kier alpha value is -1.16. The van der Waals surface area contributed by atoms with E-state index in [0.29, 0.717) is 0 Å². The molecule has 1 aliphatic carbocycles. The van der Waals surface area contributed by atoms with E-state index in [2.05, 4.69) is 17.2 Å². The molecule has 4 nitrogen and oxygen atoms in total. The Kier molecular flexibility index (Phi) is 2.54. The predicted octanol–water partition coefficient (Wildman–Crippen LogP) is 2.03. The molecule has 0 saturated carbocycles. The van der Waals surface area contributed by atoms with E-state index in [4.69, 9.17) is 9.72 Å². The summed E-state index contributed by atoms with van der Waals surface area (Å²) in [6.45, 7) is 2.93. The van der Waals surface area contributed by atoms with Gasteiger partial charge in [0.15, 0.2) is 5.82 Å². The van der Waals surface area contributed by atoms with Crippen molar-refractivity contribution in [3.8, 4) is 0 Å². The molecule has 0 amide bonds. The van der Waals surface area contributed by atoms with Crippen LogP contribution in [0.5, 0.6) is 0 Å². The number of rotatable bonds is 2. The van der Waals surface area contributed by atoms with E-state index >= 15 is 0 Å². The summed E-state index contributed by atoms with van der Waals surface area (Å²) in [7, 11) is 1.93. The summed E-state index contributed by atoms with van der Waals surface area (Å²) >= 11 is 0. The zero-order valence-corrected chi connectivity index (χ0v) is 10.5. The Morgan fingerprint density at radius 3 is 2.82 bits per heavy atom.